The van der Waals surface area contributed by atoms with Crippen LogP contribution in [0.2, 0.25) is 0 Å². The molecule has 0 bridgehead atoms. The number of pyridine rings is 1. The molecule has 0 saturated carbocycles. The molecular formula is C16H19N3O. The summed E-state index contributed by atoms with van der Waals surface area (Å²) in [5.41, 5.74) is 8.94. The van der Waals surface area contributed by atoms with Gasteiger partial charge in [-0.2, -0.15) is 0 Å². The summed E-state index contributed by atoms with van der Waals surface area (Å²) in [7, 11) is 0. The largest absolute Gasteiger partial charge is 0.399 e. The van der Waals surface area contributed by atoms with E-state index in [1.54, 1.807) is 0 Å². The minimum atomic E-state index is 0.103. The maximum Gasteiger partial charge on any atom is 0.254 e. The van der Waals surface area contributed by atoms with Gasteiger partial charge < -0.3 is 10.6 Å². The van der Waals surface area contributed by atoms with Crippen LogP contribution >= 0.6 is 0 Å². The molecule has 0 radical (unpaired) electrons. The van der Waals surface area contributed by atoms with Crippen LogP contribution in [0.1, 0.15) is 35.3 Å². The third-order valence-corrected chi connectivity index (χ3v) is 3.83. The number of carbonyl (C=O) groups is 1. The lowest BCUT2D eigenvalue weighted by Gasteiger charge is -2.27. The van der Waals surface area contributed by atoms with Crippen LogP contribution in [0.4, 0.5) is 5.69 Å². The topological polar surface area (TPSA) is 59.2 Å². The summed E-state index contributed by atoms with van der Waals surface area (Å²) in [5.74, 6) is 0.103. The zero-order chi connectivity index (χ0) is 14.1. The first-order chi connectivity index (χ1) is 9.65. The van der Waals surface area contributed by atoms with Crippen molar-refractivity contribution in [3.8, 4) is 0 Å². The Morgan fingerprint density at radius 1 is 1.20 bits per heavy atom. The normalized spacial score (nSPS) is 15.6. The minimum Gasteiger partial charge on any atom is -0.399 e. The van der Waals surface area contributed by atoms with Crippen LogP contribution in [0.3, 0.4) is 0 Å². The number of piperidine rings is 1. The molecule has 104 valence electrons. The molecule has 20 heavy (non-hydrogen) atoms. The highest BCUT2D eigenvalue weighted by atomic mass is 16.2. The van der Waals surface area contributed by atoms with Gasteiger partial charge in [0.15, 0.2) is 0 Å². The van der Waals surface area contributed by atoms with Gasteiger partial charge in [-0.25, -0.2) is 0 Å². The molecule has 1 aliphatic rings. The van der Waals surface area contributed by atoms with Gasteiger partial charge in [0.2, 0.25) is 0 Å². The van der Waals surface area contributed by atoms with Crippen molar-refractivity contribution in [1.29, 1.82) is 0 Å². The van der Waals surface area contributed by atoms with Crippen LogP contribution in [-0.2, 0) is 0 Å². The molecule has 0 aliphatic carbocycles. The Morgan fingerprint density at radius 2 is 1.95 bits per heavy atom. The number of fused-ring (bicyclic) bond motifs is 1. The van der Waals surface area contributed by atoms with Gasteiger partial charge in [-0.05, 0) is 50.5 Å². The molecule has 0 atom stereocenters. The lowest BCUT2D eigenvalue weighted by atomic mass is 10.0. The fourth-order valence-corrected chi connectivity index (χ4v) is 2.82. The Balaban J connectivity index is 2.09. The SMILES string of the molecule is Cc1cc(C(=O)N2CCCCC2)c2cc(N)ccc2n1. The molecular weight excluding hydrogens is 250 g/mol. The Hall–Kier alpha value is -2.10. The fraction of sp³-hybridized carbons (Fsp3) is 0.375. The van der Waals surface area contributed by atoms with E-state index in [-0.39, 0.29) is 5.91 Å². The van der Waals surface area contributed by atoms with E-state index in [1.807, 2.05) is 36.1 Å². The zero-order valence-electron chi connectivity index (χ0n) is 11.7. The number of rotatable bonds is 1. The summed E-state index contributed by atoms with van der Waals surface area (Å²) in [6, 6.07) is 7.42. The van der Waals surface area contributed by atoms with Crippen LogP contribution < -0.4 is 5.73 Å². The Morgan fingerprint density at radius 3 is 2.70 bits per heavy atom. The summed E-state index contributed by atoms with van der Waals surface area (Å²) in [5, 5.41) is 0.853. The molecule has 3 rings (SSSR count). The maximum atomic E-state index is 12.7. The second-order valence-electron chi connectivity index (χ2n) is 5.44. The van der Waals surface area contributed by atoms with E-state index in [4.69, 9.17) is 5.73 Å². The van der Waals surface area contributed by atoms with Crippen molar-refractivity contribution in [2.45, 2.75) is 26.2 Å². The van der Waals surface area contributed by atoms with Crippen molar-refractivity contribution in [2.75, 3.05) is 18.8 Å². The molecule has 1 fully saturated rings. The van der Waals surface area contributed by atoms with Crippen molar-refractivity contribution in [3.63, 3.8) is 0 Å². The van der Waals surface area contributed by atoms with Gasteiger partial charge in [-0.3, -0.25) is 9.78 Å². The zero-order valence-corrected chi connectivity index (χ0v) is 11.7. The number of nitrogen functional groups attached to an aromatic ring is 1. The van der Waals surface area contributed by atoms with Gasteiger partial charge in [0.05, 0.1) is 11.1 Å². The summed E-state index contributed by atoms with van der Waals surface area (Å²) in [4.78, 5) is 19.2. The number of aromatic nitrogens is 1. The highest BCUT2D eigenvalue weighted by molar-refractivity contribution is 6.06. The van der Waals surface area contributed by atoms with Crippen LogP contribution in [0.25, 0.3) is 10.9 Å². The predicted octanol–water partition coefficient (Wildman–Crippen LogP) is 2.75. The molecule has 2 N–H and O–H groups in total. The predicted molar refractivity (Wildman–Crippen MR) is 80.6 cm³/mol. The van der Waals surface area contributed by atoms with Gasteiger partial charge in [-0.15, -0.1) is 0 Å². The summed E-state index contributed by atoms with van der Waals surface area (Å²) in [6.45, 7) is 3.62. The molecule has 1 amide bonds. The molecule has 1 aliphatic heterocycles. The van der Waals surface area contributed by atoms with Gasteiger partial charge in [0.1, 0.15) is 0 Å². The van der Waals surface area contributed by atoms with Crippen molar-refractivity contribution in [3.05, 3.63) is 35.5 Å². The van der Waals surface area contributed by atoms with E-state index in [9.17, 15) is 4.79 Å². The molecule has 1 aromatic heterocycles. The van der Waals surface area contributed by atoms with Gasteiger partial charge in [-0.1, -0.05) is 0 Å². The summed E-state index contributed by atoms with van der Waals surface area (Å²) < 4.78 is 0. The minimum absolute atomic E-state index is 0.103. The summed E-state index contributed by atoms with van der Waals surface area (Å²) in [6.07, 6.45) is 3.40. The van der Waals surface area contributed by atoms with Crippen molar-refractivity contribution >= 4 is 22.5 Å². The maximum absolute atomic E-state index is 12.7. The van der Waals surface area contributed by atoms with Crippen LogP contribution in [0, 0.1) is 6.92 Å². The second kappa shape index (κ2) is 5.12. The Labute approximate surface area is 118 Å². The first-order valence-corrected chi connectivity index (χ1v) is 7.11. The van der Waals surface area contributed by atoms with Gasteiger partial charge in [0, 0.05) is 29.9 Å². The highest BCUT2D eigenvalue weighted by Gasteiger charge is 2.20. The fourth-order valence-electron chi connectivity index (χ4n) is 2.82. The average Bonchev–Trinajstić information content (AvgIpc) is 2.47. The lowest BCUT2D eigenvalue weighted by Crippen LogP contribution is -2.35. The number of hydrogen-bond acceptors (Lipinski definition) is 3. The van der Waals surface area contributed by atoms with Crippen molar-refractivity contribution < 1.29 is 4.79 Å². The average molecular weight is 269 g/mol. The third kappa shape index (κ3) is 2.33. The molecule has 2 aromatic rings. The number of carbonyl (C=O) groups excluding carboxylic acids is 1. The van der Waals surface area contributed by atoms with Crippen LogP contribution in [-0.4, -0.2) is 28.9 Å². The van der Waals surface area contributed by atoms with Crippen LogP contribution in [0.5, 0.6) is 0 Å². The molecule has 0 spiro atoms. The van der Waals surface area contributed by atoms with Gasteiger partial charge >= 0.3 is 0 Å². The van der Waals surface area contributed by atoms with E-state index >= 15 is 0 Å². The van der Waals surface area contributed by atoms with E-state index in [0.717, 1.165) is 48.1 Å². The number of likely N-dealkylation sites (tertiary alicyclic amines) is 1. The van der Waals surface area contributed by atoms with E-state index in [2.05, 4.69) is 4.98 Å². The molecule has 4 heteroatoms. The molecule has 2 heterocycles. The molecule has 0 unspecified atom stereocenters. The number of benzene rings is 1. The third-order valence-electron chi connectivity index (χ3n) is 3.83. The first-order valence-electron chi connectivity index (χ1n) is 7.11. The molecule has 1 aromatic carbocycles. The molecule has 1 saturated heterocycles. The smallest absolute Gasteiger partial charge is 0.254 e. The monoisotopic (exact) mass is 269 g/mol. The highest BCUT2D eigenvalue weighted by Crippen LogP contribution is 2.23. The Bertz CT molecular complexity index is 660. The van der Waals surface area contributed by atoms with Crippen molar-refractivity contribution in [1.82, 2.24) is 9.88 Å². The number of anilines is 1. The number of nitrogens with zero attached hydrogens (tertiary/aromatic N) is 2. The second-order valence-corrected chi connectivity index (χ2v) is 5.44. The Kier molecular flexibility index (Phi) is 3.30. The number of nitrogens with two attached hydrogens (primary N) is 1. The number of hydrogen-bond donors (Lipinski definition) is 1. The van der Waals surface area contributed by atoms with E-state index in [0.29, 0.717) is 5.69 Å². The quantitative estimate of drug-likeness (QED) is 0.810. The van der Waals surface area contributed by atoms with E-state index < -0.39 is 0 Å². The van der Waals surface area contributed by atoms with E-state index in [1.165, 1.54) is 6.42 Å². The van der Waals surface area contributed by atoms with Gasteiger partial charge in [0.25, 0.3) is 5.91 Å². The lowest BCUT2D eigenvalue weighted by molar-refractivity contribution is 0.0726. The standard InChI is InChI=1S/C16H19N3O/c1-11-9-14(16(20)19-7-3-2-4-8-19)13-10-12(17)5-6-15(13)18-11/h5-6,9-10H,2-4,7-8,17H2,1H3. The number of amides is 1. The van der Waals surface area contributed by atoms with Crippen molar-refractivity contribution in [2.24, 2.45) is 0 Å². The van der Waals surface area contributed by atoms with Crippen LogP contribution in [0.15, 0.2) is 24.3 Å². The first kappa shape index (κ1) is 12.9. The molecule has 4 nitrogen and oxygen atoms in total. The summed E-state index contributed by atoms with van der Waals surface area (Å²) >= 11 is 0. The number of aryl methyl sites for hydroxylation is 1.